The number of allylic oxidation sites excluding steroid dienone is 2. The topological polar surface area (TPSA) is 181 Å². The third kappa shape index (κ3) is 4.14. The number of hydrogen-bond acceptors (Lipinski definition) is 9. The summed E-state index contributed by atoms with van der Waals surface area (Å²) in [7, 11) is 0. The van der Waals surface area contributed by atoms with Crippen molar-refractivity contribution in [1.82, 2.24) is 0 Å². The molecule has 7 rings (SSSR count). The Labute approximate surface area is 254 Å². The molecule has 0 spiro atoms. The van der Waals surface area contributed by atoms with Crippen LogP contribution in [0.25, 0.3) is 0 Å². The Hall–Kier alpha value is -5.72. The predicted octanol–water partition coefficient (Wildman–Crippen LogP) is 4.25. The van der Waals surface area contributed by atoms with E-state index in [-0.39, 0.29) is 41.3 Å². The molecule has 4 aliphatic rings. The average Bonchev–Trinajstić information content (AvgIpc) is 3.44. The molecule has 3 fully saturated rings. The van der Waals surface area contributed by atoms with Crippen molar-refractivity contribution in [2.75, 3.05) is 9.80 Å². The van der Waals surface area contributed by atoms with Crippen LogP contribution in [0.15, 0.2) is 84.4 Å². The first-order valence-electron chi connectivity index (χ1n) is 14.3. The molecular formula is C32H24N4O9. The fourth-order valence-electron chi connectivity index (χ4n) is 7.64. The van der Waals surface area contributed by atoms with E-state index in [1.165, 1.54) is 54.6 Å². The molecule has 0 radical (unpaired) electrons. The van der Waals surface area contributed by atoms with Gasteiger partial charge < -0.3 is 5.11 Å². The molecule has 45 heavy (non-hydrogen) atoms. The summed E-state index contributed by atoms with van der Waals surface area (Å²) in [6.07, 6.45) is 2.14. The van der Waals surface area contributed by atoms with Crippen molar-refractivity contribution >= 4 is 46.4 Å². The molecule has 2 aliphatic heterocycles. The average molecular weight is 609 g/mol. The minimum absolute atomic E-state index is 0.0831. The lowest BCUT2D eigenvalue weighted by Gasteiger charge is -2.44. The van der Waals surface area contributed by atoms with E-state index in [1.807, 2.05) is 6.08 Å². The van der Waals surface area contributed by atoms with Crippen LogP contribution >= 0.6 is 0 Å². The number of nitro groups is 2. The molecule has 2 aliphatic carbocycles. The minimum Gasteiger partial charge on any atom is -0.508 e. The molecule has 6 unspecified atom stereocenters. The smallest absolute Gasteiger partial charge is 0.269 e. The van der Waals surface area contributed by atoms with Gasteiger partial charge in [-0.05, 0) is 49.1 Å². The molecular weight excluding hydrogens is 584 g/mol. The molecule has 3 aromatic rings. The van der Waals surface area contributed by atoms with Gasteiger partial charge >= 0.3 is 0 Å². The summed E-state index contributed by atoms with van der Waals surface area (Å²) >= 11 is 0. The summed E-state index contributed by atoms with van der Waals surface area (Å²) in [5, 5.41) is 33.3. The van der Waals surface area contributed by atoms with Gasteiger partial charge in [-0.1, -0.05) is 29.8 Å². The Balaban J connectivity index is 1.30. The lowest BCUT2D eigenvalue weighted by molar-refractivity contribution is -0.385. The molecule has 1 saturated carbocycles. The number of para-hydroxylation sites is 1. The second-order valence-electron chi connectivity index (χ2n) is 11.7. The highest BCUT2D eigenvalue weighted by Gasteiger charge is 2.62. The van der Waals surface area contributed by atoms with Crippen LogP contribution < -0.4 is 9.80 Å². The van der Waals surface area contributed by atoms with Crippen LogP contribution in [-0.4, -0.2) is 38.6 Å². The quantitative estimate of drug-likeness (QED) is 0.192. The maximum Gasteiger partial charge on any atom is 0.269 e. The summed E-state index contributed by atoms with van der Waals surface area (Å²) in [4.78, 5) is 79.0. The van der Waals surface area contributed by atoms with Crippen molar-refractivity contribution in [3.8, 4) is 5.75 Å². The van der Waals surface area contributed by atoms with E-state index in [9.17, 15) is 44.5 Å². The second kappa shape index (κ2) is 10.2. The zero-order chi connectivity index (χ0) is 31.7. The molecule has 3 aromatic carbocycles. The zero-order valence-electron chi connectivity index (χ0n) is 23.4. The summed E-state index contributed by atoms with van der Waals surface area (Å²) in [5.41, 5.74) is 1.09. The van der Waals surface area contributed by atoms with Gasteiger partial charge in [-0.2, -0.15) is 0 Å². The van der Waals surface area contributed by atoms with Crippen LogP contribution in [0.2, 0.25) is 0 Å². The number of hydrogen-bond donors (Lipinski definition) is 1. The monoisotopic (exact) mass is 608 g/mol. The highest BCUT2D eigenvalue weighted by atomic mass is 16.6. The van der Waals surface area contributed by atoms with Crippen molar-refractivity contribution in [3.05, 3.63) is 110 Å². The fourth-order valence-corrected chi connectivity index (χ4v) is 7.64. The van der Waals surface area contributed by atoms with Gasteiger partial charge in [0.2, 0.25) is 23.6 Å². The van der Waals surface area contributed by atoms with Gasteiger partial charge in [-0.15, -0.1) is 0 Å². The van der Waals surface area contributed by atoms with Gasteiger partial charge in [0.15, 0.2) is 0 Å². The molecule has 0 aromatic heterocycles. The Morgan fingerprint density at radius 1 is 0.644 bits per heavy atom. The van der Waals surface area contributed by atoms with Crippen LogP contribution in [0.4, 0.5) is 22.7 Å². The van der Waals surface area contributed by atoms with Crippen LogP contribution in [-0.2, 0) is 19.2 Å². The Morgan fingerprint density at radius 3 is 1.69 bits per heavy atom. The lowest BCUT2D eigenvalue weighted by Crippen LogP contribution is -2.43. The number of imide groups is 2. The number of fused-ring (bicyclic) bond motifs is 4. The summed E-state index contributed by atoms with van der Waals surface area (Å²) in [6, 6.07) is 16.7. The Bertz CT molecular complexity index is 1850. The van der Waals surface area contributed by atoms with Crippen molar-refractivity contribution in [2.24, 2.45) is 29.6 Å². The lowest BCUT2D eigenvalue weighted by atomic mass is 9.57. The number of carbonyl (C=O) groups excluding carboxylic acids is 4. The predicted molar refractivity (Wildman–Crippen MR) is 157 cm³/mol. The van der Waals surface area contributed by atoms with Crippen molar-refractivity contribution in [3.63, 3.8) is 0 Å². The number of benzene rings is 3. The van der Waals surface area contributed by atoms with E-state index in [1.54, 1.807) is 18.2 Å². The zero-order valence-corrected chi connectivity index (χ0v) is 23.4. The number of phenols is 1. The van der Waals surface area contributed by atoms with Gasteiger partial charge in [0.25, 0.3) is 11.4 Å². The van der Waals surface area contributed by atoms with Crippen LogP contribution in [0.5, 0.6) is 5.75 Å². The number of anilines is 2. The highest BCUT2D eigenvalue weighted by molar-refractivity contribution is 6.24. The Morgan fingerprint density at radius 2 is 1.16 bits per heavy atom. The third-order valence-corrected chi connectivity index (χ3v) is 9.56. The van der Waals surface area contributed by atoms with Crippen LogP contribution in [0, 0.1) is 49.8 Å². The van der Waals surface area contributed by atoms with Crippen molar-refractivity contribution in [1.29, 1.82) is 0 Å². The number of phenolic OH excluding ortho intramolecular Hbond substituents is 1. The van der Waals surface area contributed by atoms with E-state index in [0.717, 1.165) is 9.80 Å². The second-order valence-corrected chi connectivity index (χ2v) is 11.7. The molecule has 2 saturated heterocycles. The standard InChI is InChI=1S/C32H24N4O9/c37-25-4-2-1-3-21(25)26-20-13-14-22-27(31(40)33(29(22)38)16-5-9-18(10-6-16)35(42)43)23(20)15-24-28(26)32(41)34(30(24)39)17-7-11-19(12-8-17)36(44)45/h1-13,22-24,26-28,37H,14-15H2. The van der Waals surface area contributed by atoms with Crippen LogP contribution in [0.1, 0.15) is 24.3 Å². The number of nitrogens with zero attached hydrogens (tertiary/aromatic N) is 4. The maximum absolute atomic E-state index is 14.1. The number of nitro benzene ring substituents is 2. The molecule has 2 heterocycles. The Kier molecular flexibility index (Phi) is 6.35. The number of amides is 4. The first-order chi connectivity index (χ1) is 21.6. The van der Waals surface area contributed by atoms with Gasteiger partial charge in [0.05, 0.1) is 44.9 Å². The normalized spacial score (nSPS) is 27.2. The molecule has 13 heteroatoms. The van der Waals surface area contributed by atoms with E-state index in [4.69, 9.17) is 0 Å². The van der Waals surface area contributed by atoms with E-state index in [0.29, 0.717) is 11.1 Å². The van der Waals surface area contributed by atoms with Gasteiger partial charge in [-0.25, -0.2) is 0 Å². The molecule has 1 N–H and O–H groups in total. The molecule has 13 nitrogen and oxygen atoms in total. The van der Waals surface area contributed by atoms with Gasteiger partial charge in [0, 0.05) is 35.7 Å². The SMILES string of the molecule is O=C1C2CC=C3C(CC4C(=O)N(c5ccc([N+](=O)[O-])cc5)C(=O)C4C3c3ccccc3O)C2C(=O)N1c1ccc([N+](=O)[O-])cc1. The number of aromatic hydroxyl groups is 1. The van der Waals surface area contributed by atoms with Crippen molar-refractivity contribution in [2.45, 2.75) is 18.8 Å². The highest BCUT2D eigenvalue weighted by Crippen LogP contribution is 2.59. The van der Waals surface area contributed by atoms with Crippen LogP contribution in [0.3, 0.4) is 0 Å². The molecule has 0 bridgehead atoms. The third-order valence-electron chi connectivity index (χ3n) is 9.56. The molecule has 6 atom stereocenters. The largest absolute Gasteiger partial charge is 0.508 e. The first kappa shape index (κ1) is 28.1. The van der Waals surface area contributed by atoms with E-state index < -0.39 is 69.0 Å². The number of rotatable bonds is 5. The number of carbonyl (C=O) groups is 4. The van der Waals surface area contributed by atoms with Gasteiger partial charge in [-0.3, -0.25) is 49.2 Å². The summed E-state index contributed by atoms with van der Waals surface area (Å²) in [5.74, 6) is -6.84. The summed E-state index contributed by atoms with van der Waals surface area (Å²) < 4.78 is 0. The fraction of sp³-hybridized carbons (Fsp3) is 0.250. The van der Waals surface area contributed by atoms with Gasteiger partial charge in [0.1, 0.15) is 5.75 Å². The molecule has 226 valence electrons. The molecule has 4 amide bonds. The number of non-ortho nitro benzene ring substituents is 2. The van der Waals surface area contributed by atoms with E-state index >= 15 is 0 Å². The minimum atomic E-state index is -0.918. The maximum atomic E-state index is 14.1. The summed E-state index contributed by atoms with van der Waals surface area (Å²) in [6.45, 7) is 0. The van der Waals surface area contributed by atoms with E-state index in [2.05, 4.69) is 0 Å². The van der Waals surface area contributed by atoms with Crippen molar-refractivity contribution < 1.29 is 34.1 Å². The first-order valence-corrected chi connectivity index (χ1v) is 14.3.